The number of hydrazine groups is 1. The maximum Gasteiger partial charge on any atom is 0.240 e. The number of carbonyl (C=O) groups excluding carboxylic acids is 1. The van der Waals surface area contributed by atoms with Crippen LogP contribution >= 0.6 is 23.2 Å². The Hall–Kier alpha value is -2.85. The van der Waals surface area contributed by atoms with Gasteiger partial charge in [0.1, 0.15) is 0 Å². The van der Waals surface area contributed by atoms with Gasteiger partial charge in [0.25, 0.3) is 0 Å². The summed E-state index contributed by atoms with van der Waals surface area (Å²) in [7, 11) is 0. The Labute approximate surface area is 211 Å². The summed E-state index contributed by atoms with van der Waals surface area (Å²) in [5, 5.41) is 11.9. The van der Waals surface area contributed by atoms with Crippen molar-refractivity contribution in [3.05, 3.63) is 87.4 Å². The zero-order valence-corrected chi connectivity index (χ0v) is 21.0. The fourth-order valence-corrected chi connectivity index (χ4v) is 3.91. The second-order valence-electron chi connectivity index (χ2n) is 8.47. The number of benzene rings is 2. The summed E-state index contributed by atoms with van der Waals surface area (Å²) in [5.41, 5.74) is 6.38. The molecule has 3 aromatic rings. The molecule has 0 aliphatic rings. The van der Waals surface area contributed by atoms with Gasteiger partial charge < -0.3 is 4.57 Å². The Morgan fingerprint density at radius 3 is 2.71 bits per heavy atom. The Balaban J connectivity index is 1.67. The fourth-order valence-electron chi connectivity index (χ4n) is 3.53. The molecule has 0 fully saturated rings. The molecule has 34 heavy (non-hydrogen) atoms. The number of halogens is 2. The molecule has 0 bridgehead atoms. The van der Waals surface area contributed by atoms with Crippen molar-refractivity contribution < 1.29 is 4.79 Å². The van der Waals surface area contributed by atoms with Gasteiger partial charge in [-0.3, -0.25) is 10.2 Å². The first-order valence-electron chi connectivity index (χ1n) is 11.3. The van der Waals surface area contributed by atoms with Crippen molar-refractivity contribution in [2.24, 2.45) is 5.92 Å². The molecule has 0 unspecified atom stereocenters. The van der Waals surface area contributed by atoms with Crippen LogP contribution in [0.2, 0.25) is 10.0 Å². The minimum absolute atomic E-state index is 0.121. The van der Waals surface area contributed by atoms with Crippen molar-refractivity contribution in [2.45, 2.75) is 46.2 Å². The van der Waals surface area contributed by atoms with Gasteiger partial charge in [0, 0.05) is 31.5 Å². The van der Waals surface area contributed by atoms with Crippen molar-refractivity contribution in [1.82, 2.24) is 20.0 Å². The van der Waals surface area contributed by atoms with E-state index in [1.54, 1.807) is 30.7 Å². The zero-order valence-electron chi connectivity index (χ0n) is 19.5. The summed E-state index contributed by atoms with van der Waals surface area (Å²) < 4.78 is 1.94. The number of nitrogens with zero attached hydrogens (tertiary/aromatic N) is 4. The van der Waals surface area contributed by atoms with Crippen LogP contribution in [0.25, 0.3) is 0 Å². The second kappa shape index (κ2) is 12.6. The van der Waals surface area contributed by atoms with Gasteiger partial charge in [0.2, 0.25) is 5.91 Å². The van der Waals surface area contributed by atoms with Crippen LogP contribution in [-0.4, -0.2) is 27.0 Å². The molecule has 1 amide bonds. The number of hydrogen-bond donors (Lipinski definition) is 1. The molecule has 0 aliphatic carbocycles. The SMILES string of the molecule is CC[C@H](C)CCN(Cc1cccc(Cl)c1Cl)NC(=O)Cc1cncn1Cc1ccc(C#N)cc1. The highest BCUT2D eigenvalue weighted by Gasteiger charge is 2.16. The third kappa shape index (κ3) is 7.33. The first-order chi connectivity index (χ1) is 16.4. The lowest BCUT2D eigenvalue weighted by Gasteiger charge is -2.25. The molecule has 0 saturated carbocycles. The Kier molecular flexibility index (Phi) is 9.52. The van der Waals surface area contributed by atoms with E-state index in [2.05, 4.69) is 30.3 Å². The van der Waals surface area contributed by atoms with Gasteiger partial charge in [0.15, 0.2) is 0 Å². The van der Waals surface area contributed by atoms with Gasteiger partial charge in [-0.05, 0) is 41.7 Å². The third-order valence-electron chi connectivity index (χ3n) is 5.84. The molecule has 0 aliphatic heterocycles. The van der Waals surface area contributed by atoms with Crippen molar-refractivity contribution >= 4 is 29.1 Å². The standard InChI is InChI=1S/C26H29Cl2N5O/c1-3-19(2)11-12-33(17-22-5-4-6-24(27)26(22)28)31-25(34)13-23-15-30-18-32(23)16-21-9-7-20(14-29)8-10-21/h4-10,15,18-19H,3,11-13,16-17H2,1-2H3,(H,31,34)/t19-/m0/s1. The average molecular weight is 498 g/mol. The molecule has 2 aromatic carbocycles. The number of imidazole rings is 1. The van der Waals surface area contributed by atoms with Gasteiger partial charge in [-0.2, -0.15) is 5.26 Å². The molecule has 0 radical (unpaired) electrons. The number of amides is 1. The lowest BCUT2D eigenvalue weighted by Crippen LogP contribution is -2.43. The molecule has 0 spiro atoms. The van der Waals surface area contributed by atoms with Gasteiger partial charge in [-0.15, -0.1) is 0 Å². The van der Waals surface area contributed by atoms with Crippen molar-refractivity contribution in [3.63, 3.8) is 0 Å². The molecule has 0 saturated heterocycles. The van der Waals surface area contributed by atoms with Gasteiger partial charge in [-0.25, -0.2) is 9.99 Å². The van der Waals surface area contributed by atoms with Crippen LogP contribution in [0.4, 0.5) is 0 Å². The highest BCUT2D eigenvalue weighted by atomic mass is 35.5. The first-order valence-corrected chi connectivity index (χ1v) is 12.1. The van der Waals surface area contributed by atoms with Crippen LogP contribution in [0.3, 0.4) is 0 Å². The van der Waals surface area contributed by atoms with Crippen LogP contribution in [-0.2, 0) is 24.3 Å². The minimum Gasteiger partial charge on any atom is -0.330 e. The summed E-state index contributed by atoms with van der Waals surface area (Å²) in [4.78, 5) is 17.2. The van der Waals surface area contributed by atoms with Crippen molar-refractivity contribution in [2.75, 3.05) is 6.54 Å². The Bertz CT molecular complexity index is 1140. The molecular weight excluding hydrogens is 469 g/mol. The van der Waals surface area contributed by atoms with E-state index >= 15 is 0 Å². The van der Waals surface area contributed by atoms with E-state index < -0.39 is 0 Å². The molecule has 1 heterocycles. The number of nitriles is 1. The quantitative estimate of drug-likeness (QED) is 0.348. The zero-order chi connectivity index (χ0) is 24.5. The average Bonchev–Trinajstić information content (AvgIpc) is 3.26. The summed E-state index contributed by atoms with van der Waals surface area (Å²) in [6, 6.07) is 15.1. The van der Waals surface area contributed by atoms with Gasteiger partial charge in [0.05, 0.1) is 34.4 Å². The lowest BCUT2D eigenvalue weighted by molar-refractivity contribution is -0.125. The summed E-state index contributed by atoms with van der Waals surface area (Å²) in [6.07, 6.45) is 5.65. The minimum atomic E-state index is -0.121. The van der Waals surface area contributed by atoms with Crippen LogP contribution in [0.1, 0.15) is 49.1 Å². The van der Waals surface area contributed by atoms with E-state index in [9.17, 15) is 4.79 Å². The first kappa shape index (κ1) is 25.8. The topological polar surface area (TPSA) is 74.0 Å². The molecule has 8 heteroatoms. The number of aromatic nitrogens is 2. The third-order valence-corrected chi connectivity index (χ3v) is 6.70. The van der Waals surface area contributed by atoms with E-state index in [4.69, 9.17) is 28.5 Å². The van der Waals surface area contributed by atoms with Crippen LogP contribution in [0.5, 0.6) is 0 Å². The molecular formula is C26H29Cl2N5O. The summed E-state index contributed by atoms with van der Waals surface area (Å²) >= 11 is 12.6. The molecule has 178 valence electrons. The van der Waals surface area contributed by atoms with E-state index in [-0.39, 0.29) is 12.3 Å². The normalized spacial score (nSPS) is 11.9. The Morgan fingerprint density at radius 2 is 2.00 bits per heavy atom. The van der Waals surface area contributed by atoms with E-state index in [0.717, 1.165) is 29.7 Å². The lowest BCUT2D eigenvalue weighted by atomic mass is 10.1. The van der Waals surface area contributed by atoms with Crippen molar-refractivity contribution in [1.29, 1.82) is 5.26 Å². The molecule has 3 rings (SSSR count). The van der Waals surface area contributed by atoms with Crippen LogP contribution < -0.4 is 5.43 Å². The molecule has 1 atom stereocenters. The molecule has 1 N–H and O–H groups in total. The number of rotatable bonds is 11. The Morgan fingerprint density at radius 1 is 1.24 bits per heavy atom. The highest BCUT2D eigenvalue weighted by molar-refractivity contribution is 6.42. The fraction of sp³-hybridized carbons (Fsp3) is 0.346. The largest absolute Gasteiger partial charge is 0.330 e. The second-order valence-corrected chi connectivity index (χ2v) is 9.26. The summed E-state index contributed by atoms with van der Waals surface area (Å²) in [6.45, 7) is 6.11. The smallest absolute Gasteiger partial charge is 0.240 e. The predicted molar refractivity (Wildman–Crippen MR) is 135 cm³/mol. The predicted octanol–water partition coefficient (Wildman–Crippen LogP) is 5.62. The van der Waals surface area contributed by atoms with Gasteiger partial charge >= 0.3 is 0 Å². The highest BCUT2D eigenvalue weighted by Crippen LogP contribution is 2.26. The maximum absolute atomic E-state index is 13.0. The maximum atomic E-state index is 13.0. The molecule has 6 nitrogen and oxygen atoms in total. The number of carbonyl (C=O) groups is 1. The van der Waals surface area contributed by atoms with E-state index in [1.165, 1.54) is 0 Å². The van der Waals surface area contributed by atoms with E-state index in [1.807, 2.05) is 33.8 Å². The number of nitrogens with one attached hydrogen (secondary N) is 1. The van der Waals surface area contributed by atoms with Crippen molar-refractivity contribution in [3.8, 4) is 6.07 Å². The van der Waals surface area contributed by atoms with Crippen LogP contribution in [0, 0.1) is 17.2 Å². The van der Waals surface area contributed by atoms with E-state index in [0.29, 0.717) is 41.2 Å². The number of hydrogen-bond acceptors (Lipinski definition) is 4. The molecule has 1 aromatic heterocycles. The summed E-state index contributed by atoms with van der Waals surface area (Å²) in [5.74, 6) is 0.423. The van der Waals surface area contributed by atoms with Crippen LogP contribution in [0.15, 0.2) is 55.0 Å². The monoisotopic (exact) mass is 497 g/mol. The van der Waals surface area contributed by atoms with Gasteiger partial charge in [-0.1, -0.05) is 67.7 Å².